The van der Waals surface area contributed by atoms with Gasteiger partial charge in [0.1, 0.15) is 0 Å². The summed E-state index contributed by atoms with van der Waals surface area (Å²) < 4.78 is 4.71. The highest BCUT2D eigenvalue weighted by Gasteiger charge is 2.19. The number of carboxylic acids is 1. The van der Waals surface area contributed by atoms with Crippen LogP contribution in [0.25, 0.3) is 0 Å². The fourth-order valence-corrected chi connectivity index (χ4v) is 1.26. The molecule has 0 heterocycles. The van der Waals surface area contributed by atoms with Crippen molar-refractivity contribution in [2.75, 3.05) is 13.2 Å². The molecule has 0 saturated heterocycles. The largest absolute Gasteiger partial charge is 0.481 e. The van der Waals surface area contributed by atoms with E-state index in [1.54, 1.807) is 6.92 Å². The summed E-state index contributed by atoms with van der Waals surface area (Å²) in [5, 5.41) is 11.2. The molecular weight excluding hydrogens is 210 g/mol. The minimum absolute atomic E-state index is 0.0854. The summed E-state index contributed by atoms with van der Waals surface area (Å²) in [6.07, 6.45) is 1.08. The van der Waals surface area contributed by atoms with Crippen molar-refractivity contribution in [3.63, 3.8) is 0 Å². The standard InChI is InChI=1S/C11H21NO4/c1-4-16-10(15)12-8-7-11(2,3)6-5-9(13)14/h4-8H2,1-3H3,(H,12,15)(H,13,14). The van der Waals surface area contributed by atoms with E-state index < -0.39 is 12.1 Å². The Balaban J connectivity index is 3.72. The number of hydrogen-bond acceptors (Lipinski definition) is 3. The molecule has 0 spiro atoms. The predicted molar refractivity (Wildman–Crippen MR) is 60.3 cm³/mol. The third kappa shape index (κ3) is 8.08. The Hall–Kier alpha value is -1.26. The molecule has 5 nitrogen and oxygen atoms in total. The lowest BCUT2D eigenvalue weighted by Crippen LogP contribution is -2.28. The number of carbonyl (C=O) groups excluding carboxylic acids is 1. The summed E-state index contributed by atoms with van der Waals surface area (Å²) >= 11 is 0. The lowest BCUT2D eigenvalue weighted by Gasteiger charge is -2.23. The summed E-state index contributed by atoms with van der Waals surface area (Å²) in [6.45, 7) is 6.58. The predicted octanol–water partition coefficient (Wildman–Crippen LogP) is 2.01. The van der Waals surface area contributed by atoms with Gasteiger partial charge in [-0.25, -0.2) is 4.79 Å². The number of carboxylic acid groups (broad SMARTS) is 1. The van der Waals surface area contributed by atoms with Crippen LogP contribution in [0.4, 0.5) is 4.79 Å². The second-order valence-electron chi connectivity index (χ2n) is 4.46. The van der Waals surface area contributed by atoms with Crippen LogP contribution in [0.1, 0.15) is 40.0 Å². The van der Waals surface area contributed by atoms with E-state index in [0.717, 1.165) is 6.42 Å². The Morgan fingerprint density at radius 3 is 2.44 bits per heavy atom. The number of alkyl carbamates (subject to hydrolysis) is 1. The Morgan fingerprint density at radius 1 is 1.31 bits per heavy atom. The summed E-state index contributed by atoms with van der Waals surface area (Å²) in [4.78, 5) is 21.4. The highest BCUT2D eigenvalue weighted by Crippen LogP contribution is 2.25. The molecule has 0 unspecified atom stereocenters. The van der Waals surface area contributed by atoms with Crippen LogP contribution in [0, 0.1) is 5.41 Å². The molecule has 0 bridgehead atoms. The van der Waals surface area contributed by atoms with Crippen molar-refractivity contribution in [3.8, 4) is 0 Å². The average molecular weight is 231 g/mol. The van der Waals surface area contributed by atoms with E-state index in [0.29, 0.717) is 19.6 Å². The molecule has 0 rings (SSSR count). The van der Waals surface area contributed by atoms with Gasteiger partial charge in [-0.2, -0.15) is 0 Å². The summed E-state index contributed by atoms with van der Waals surface area (Å²) in [5.41, 5.74) is -0.0854. The van der Waals surface area contributed by atoms with E-state index in [1.165, 1.54) is 0 Å². The molecule has 94 valence electrons. The molecule has 1 amide bonds. The zero-order valence-corrected chi connectivity index (χ0v) is 10.2. The highest BCUT2D eigenvalue weighted by molar-refractivity contribution is 5.67. The average Bonchev–Trinajstić information content (AvgIpc) is 2.15. The van der Waals surface area contributed by atoms with E-state index >= 15 is 0 Å². The first-order valence-electron chi connectivity index (χ1n) is 5.50. The summed E-state index contributed by atoms with van der Waals surface area (Å²) in [5.74, 6) is -0.786. The molecule has 0 aliphatic rings. The first-order chi connectivity index (χ1) is 7.37. The smallest absolute Gasteiger partial charge is 0.407 e. The third-order valence-corrected chi connectivity index (χ3v) is 2.36. The van der Waals surface area contributed by atoms with Gasteiger partial charge in [0.2, 0.25) is 0 Å². The minimum atomic E-state index is -0.786. The Kier molecular flexibility index (Phi) is 6.53. The number of aliphatic carboxylic acids is 1. The van der Waals surface area contributed by atoms with E-state index in [1.807, 2.05) is 13.8 Å². The van der Waals surface area contributed by atoms with Crippen molar-refractivity contribution in [2.45, 2.75) is 40.0 Å². The van der Waals surface area contributed by atoms with Gasteiger partial charge in [-0.1, -0.05) is 13.8 Å². The second-order valence-corrected chi connectivity index (χ2v) is 4.46. The van der Waals surface area contributed by atoms with E-state index in [4.69, 9.17) is 9.84 Å². The summed E-state index contributed by atoms with van der Waals surface area (Å²) in [7, 11) is 0. The molecule has 0 aromatic carbocycles. The molecule has 0 aliphatic carbocycles. The van der Waals surface area contributed by atoms with Crippen LogP contribution in [-0.2, 0) is 9.53 Å². The van der Waals surface area contributed by atoms with Crippen LogP contribution < -0.4 is 5.32 Å². The maximum absolute atomic E-state index is 11.0. The van der Waals surface area contributed by atoms with Gasteiger partial charge in [0, 0.05) is 13.0 Å². The van der Waals surface area contributed by atoms with Crippen LogP contribution in [0.2, 0.25) is 0 Å². The number of amides is 1. The monoisotopic (exact) mass is 231 g/mol. The van der Waals surface area contributed by atoms with Crippen LogP contribution in [0.15, 0.2) is 0 Å². The highest BCUT2D eigenvalue weighted by atomic mass is 16.5. The van der Waals surface area contributed by atoms with Crippen molar-refractivity contribution >= 4 is 12.1 Å². The van der Waals surface area contributed by atoms with Crippen molar-refractivity contribution in [3.05, 3.63) is 0 Å². The van der Waals surface area contributed by atoms with Crippen LogP contribution in [0.5, 0.6) is 0 Å². The normalized spacial score (nSPS) is 10.9. The number of carbonyl (C=O) groups is 2. The van der Waals surface area contributed by atoms with Crippen LogP contribution >= 0.6 is 0 Å². The number of nitrogens with one attached hydrogen (secondary N) is 1. The molecule has 0 saturated carbocycles. The van der Waals surface area contributed by atoms with E-state index in [-0.39, 0.29) is 11.8 Å². The van der Waals surface area contributed by atoms with Gasteiger partial charge in [-0.3, -0.25) is 4.79 Å². The van der Waals surface area contributed by atoms with Crippen molar-refractivity contribution < 1.29 is 19.4 Å². The lowest BCUT2D eigenvalue weighted by atomic mass is 9.84. The first-order valence-corrected chi connectivity index (χ1v) is 5.50. The molecule has 0 aliphatic heterocycles. The first kappa shape index (κ1) is 14.7. The van der Waals surface area contributed by atoms with Gasteiger partial charge >= 0.3 is 12.1 Å². The zero-order chi connectivity index (χ0) is 12.6. The van der Waals surface area contributed by atoms with Crippen molar-refractivity contribution in [2.24, 2.45) is 5.41 Å². The molecule has 16 heavy (non-hydrogen) atoms. The molecule has 0 aromatic rings. The topological polar surface area (TPSA) is 75.6 Å². The molecule has 5 heteroatoms. The van der Waals surface area contributed by atoms with Gasteiger partial charge in [-0.15, -0.1) is 0 Å². The van der Waals surface area contributed by atoms with Crippen LogP contribution in [0.3, 0.4) is 0 Å². The number of hydrogen-bond donors (Lipinski definition) is 2. The van der Waals surface area contributed by atoms with E-state index in [2.05, 4.69) is 5.32 Å². The SMILES string of the molecule is CCOC(=O)NCCC(C)(C)CCC(=O)O. The minimum Gasteiger partial charge on any atom is -0.481 e. The van der Waals surface area contributed by atoms with Crippen molar-refractivity contribution in [1.82, 2.24) is 5.32 Å². The fourth-order valence-electron chi connectivity index (χ4n) is 1.26. The zero-order valence-electron chi connectivity index (χ0n) is 10.2. The lowest BCUT2D eigenvalue weighted by molar-refractivity contribution is -0.137. The van der Waals surface area contributed by atoms with Gasteiger partial charge in [-0.05, 0) is 25.2 Å². The van der Waals surface area contributed by atoms with Gasteiger partial charge in [0.25, 0.3) is 0 Å². The quantitative estimate of drug-likeness (QED) is 0.702. The van der Waals surface area contributed by atoms with Gasteiger partial charge in [0.15, 0.2) is 0 Å². The van der Waals surface area contributed by atoms with E-state index in [9.17, 15) is 9.59 Å². The molecular formula is C11H21NO4. The molecule has 0 atom stereocenters. The number of rotatable bonds is 7. The molecule has 0 aromatic heterocycles. The van der Waals surface area contributed by atoms with Crippen LogP contribution in [-0.4, -0.2) is 30.3 Å². The molecule has 0 radical (unpaired) electrons. The third-order valence-electron chi connectivity index (χ3n) is 2.36. The maximum Gasteiger partial charge on any atom is 0.407 e. The maximum atomic E-state index is 11.0. The fraction of sp³-hybridized carbons (Fsp3) is 0.818. The van der Waals surface area contributed by atoms with Gasteiger partial charge in [0.05, 0.1) is 6.61 Å². The number of ether oxygens (including phenoxy) is 1. The second kappa shape index (κ2) is 7.09. The Labute approximate surface area is 96.2 Å². The van der Waals surface area contributed by atoms with Crippen molar-refractivity contribution in [1.29, 1.82) is 0 Å². The molecule has 2 N–H and O–H groups in total. The summed E-state index contributed by atoms with van der Waals surface area (Å²) in [6, 6.07) is 0. The van der Waals surface area contributed by atoms with Gasteiger partial charge < -0.3 is 15.2 Å². The molecule has 0 fully saturated rings. The Bertz CT molecular complexity index is 238. The Morgan fingerprint density at radius 2 is 1.94 bits per heavy atom.